The first-order valence-corrected chi connectivity index (χ1v) is 6.96. The number of nitrogens with one attached hydrogen (secondary N) is 1. The molecular weight excluding hydrogens is 208 g/mol. The maximum atomic E-state index is 3.47. The van der Waals surface area contributed by atoms with Gasteiger partial charge in [0.2, 0.25) is 0 Å². The lowest BCUT2D eigenvalue weighted by atomic mass is 9.99. The minimum Gasteiger partial charge on any atom is -0.367 e. The highest BCUT2D eigenvalue weighted by molar-refractivity contribution is 5.65. The predicted molar refractivity (Wildman–Crippen MR) is 70.6 cm³/mol. The predicted octanol–water partition coefficient (Wildman–Crippen LogP) is 2.29. The molecule has 0 unspecified atom stereocenters. The van der Waals surface area contributed by atoms with Crippen LogP contribution >= 0.6 is 0 Å². The molecule has 2 heteroatoms. The van der Waals surface area contributed by atoms with E-state index in [1.807, 2.05) is 0 Å². The largest absolute Gasteiger partial charge is 0.367 e. The average molecular weight is 228 g/mol. The Hall–Kier alpha value is -1.02. The monoisotopic (exact) mass is 228 g/mol. The van der Waals surface area contributed by atoms with E-state index in [1.165, 1.54) is 51.0 Å². The molecule has 1 aromatic carbocycles. The molecule has 4 rings (SSSR count). The molecule has 0 amide bonds. The molecule has 1 N–H and O–H groups in total. The van der Waals surface area contributed by atoms with Crippen LogP contribution in [-0.4, -0.2) is 25.7 Å². The molecule has 0 atom stereocenters. The fourth-order valence-corrected chi connectivity index (χ4v) is 3.69. The second kappa shape index (κ2) is 3.49. The van der Waals surface area contributed by atoms with E-state index in [4.69, 9.17) is 0 Å². The molecule has 0 aromatic heterocycles. The number of para-hydroxylation sites is 1. The van der Waals surface area contributed by atoms with Gasteiger partial charge in [0.1, 0.15) is 0 Å². The molecule has 1 saturated heterocycles. The van der Waals surface area contributed by atoms with Crippen molar-refractivity contribution in [3.63, 3.8) is 0 Å². The van der Waals surface area contributed by atoms with Gasteiger partial charge in [-0.15, -0.1) is 0 Å². The van der Waals surface area contributed by atoms with Crippen LogP contribution in [0.1, 0.15) is 31.2 Å². The van der Waals surface area contributed by atoms with Crippen molar-refractivity contribution in [2.24, 2.45) is 0 Å². The van der Waals surface area contributed by atoms with Gasteiger partial charge in [0.05, 0.1) is 0 Å². The highest BCUT2D eigenvalue weighted by atomic mass is 15.2. The number of hydrogen-bond acceptors (Lipinski definition) is 2. The van der Waals surface area contributed by atoms with Crippen LogP contribution in [0.3, 0.4) is 0 Å². The Morgan fingerprint density at radius 3 is 2.65 bits per heavy atom. The van der Waals surface area contributed by atoms with Gasteiger partial charge in [-0.1, -0.05) is 18.2 Å². The van der Waals surface area contributed by atoms with Gasteiger partial charge < -0.3 is 10.2 Å². The van der Waals surface area contributed by atoms with Crippen LogP contribution in [-0.2, 0) is 5.41 Å². The summed E-state index contributed by atoms with van der Waals surface area (Å²) < 4.78 is 0. The Bertz CT molecular complexity index is 430. The van der Waals surface area contributed by atoms with Crippen molar-refractivity contribution in [3.05, 3.63) is 29.8 Å². The zero-order valence-electron chi connectivity index (χ0n) is 10.3. The third kappa shape index (κ3) is 1.43. The maximum absolute atomic E-state index is 3.47. The number of fused-ring (bicyclic) bond motifs is 2. The molecule has 2 heterocycles. The fraction of sp³-hybridized carbons (Fsp3) is 0.600. The van der Waals surface area contributed by atoms with Crippen LogP contribution in [0.5, 0.6) is 0 Å². The van der Waals surface area contributed by atoms with E-state index in [-0.39, 0.29) is 0 Å². The standard InChI is InChI=1S/C15H20N2/c1-2-4-14-13(3-1)15(7-8-15)11-17(14)12-5-9-16-10-6-12/h1-4,12,16H,5-11H2. The molecule has 3 aliphatic rings. The van der Waals surface area contributed by atoms with E-state index in [1.54, 1.807) is 5.56 Å². The number of rotatable bonds is 1. The highest BCUT2D eigenvalue weighted by Crippen LogP contribution is 2.57. The van der Waals surface area contributed by atoms with Crippen molar-refractivity contribution >= 4 is 5.69 Å². The van der Waals surface area contributed by atoms with Crippen LogP contribution in [0.4, 0.5) is 5.69 Å². The normalized spacial score (nSPS) is 26.2. The van der Waals surface area contributed by atoms with Crippen molar-refractivity contribution in [1.82, 2.24) is 5.32 Å². The van der Waals surface area contributed by atoms with Gasteiger partial charge in [0.25, 0.3) is 0 Å². The molecular formula is C15H20N2. The average Bonchev–Trinajstić information content (AvgIpc) is 3.10. The SMILES string of the molecule is c1ccc2c(c1)N(C1CCNCC1)CC21CC1. The first kappa shape index (κ1) is 9.95. The van der Waals surface area contributed by atoms with E-state index in [9.17, 15) is 0 Å². The van der Waals surface area contributed by atoms with Crippen LogP contribution < -0.4 is 10.2 Å². The third-order valence-corrected chi connectivity index (χ3v) is 4.86. The summed E-state index contributed by atoms with van der Waals surface area (Å²) in [4.78, 5) is 2.71. The molecule has 2 nitrogen and oxygen atoms in total. The van der Waals surface area contributed by atoms with E-state index in [2.05, 4.69) is 34.5 Å². The molecule has 2 fully saturated rings. The smallest absolute Gasteiger partial charge is 0.0407 e. The highest BCUT2D eigenvalue weighted by Gasteiger charge is 2.52. The lowest BCUT2D eigenvalue weighted by molar-refractivity contribution is 0.428. The van der Waals surface area contributed by atoms with E-state index in [0.717, 1.165) is 6.04 Å². The molecule has 1 spiro atoms. The molecule has 17 heavy (non-hydrogen) atoms. The van der Waals surface area contributed by atoms with Crippen LogP contribution in [0.25, 0.3) is 0 Å². The van der Waals surface area contributed by atoms with Gasteiger partial charge in [-0.3, -0.25) is 0 Å². The Kier molecular flexibility index (Phi) is 2.04. The zero-order chi connectivity index (χ0) is 11.3. The quantitative estimate of drug-likeness (QED) is 0.793. The molecule has 1 saturated carbocycles. The summed E-state index contributed by atoms with van der Waals surface area (Å²) in [6.07, 6.45) is 5.44. The summed E-state index contributed by atoms with van der Waals surface area (Å²) >= 11 is 0. The van der Waals surface area contributed by atoms with Gasteiger partial charge in [0.15, 0.2) is 0 Å². The van der Waals surface area contributed by atoms with Gasteiger partial charge >= 0.3 is 0 Å². The maximum Gasteiger partial charge on any atom is 0.0407 e. The Morgan fingerprint density at radius 2 is 1.88 bits per heavy atom. The summed E-state index contributed by atoms with van der Waals surface area (Å²) in [6, 6.07) is 9.89. The fourth-order valence-electron chi connectivity index (χ4n) is 3.69. The van der Waals surface area contributed by atoms with Crippen LogP contribution in [0.15, 0.2) is 24.3 Å². The van der Waals surface area contributed by atoms with Gasteiger partial charge in [0, 0.05) is 23.7 Å². The minimum atomic E-state index is 0.557. The van der Waals surface area contributed by atoms with Gasteiger partial charge in [-0.25, -0.2) is 0 Å². The lowest BCUT2D eigenvalue weighted by Crippen LogP contribution is -2.43. The number of piperidine rings is 1. The van der Waals surface area contributed by atoms with Gasteiger partial charge in [-0.05, 0) is 50.4 Å². The van der Waals surface area contributed by atoms with E-state index in [0.29, 0.717) is 5.41 Å². The van der Waals surface area contributed by atoms with Crippen molar-refractivity contribution < 1.29 is 0 Å². The number of benzene rings is 1. The topological polar surface area (TPSA) is 15.3 Å². The summed E-state index contributed by atoms with van der Waals surface area (Å²) in [5.74, 6) is 0. The second-order valence-electron chi connectivity index (χ2n) is 5.91. The number of anilines is 1. The lowest BCUT2D eigenvalue weighted by Gasteiger charge is -2.34. The van der Waals surface area contributed by atoms with E-state index < -0.39 is 0 Å². The van der Waals surface area contributed by atoms with E-state index >= 15 is 0 Å². The van der Waals surface area contributed by atoms with Crippen LogP contribution in [0, 0.1) is 0 Å². The van der Waals surface area contributed by atoms with Gasteiger partial charge in [-0.2, -0.15) is 0 Å². The first-order chi connectivity index (χ1) is 8.39. The van der Waals surface area contributed by atoms with Crippen molar-refractivity contribution in [2.45, 2.75) is 37.1 Å². The summed E-state index contributed by atoms with van der Waals surface area (Å²) in [7, 11) is 0. The molecule has 0 radical (unpaired) electrons. The molecule has 2 aliphatic heterocycles. The number of nitrogens with zero attached hydrogens (tertiary/aromatic N) is 1. The summed E-state index contributed by atoms with van der Waals surface area (Å²) in [5.41, 5.74) is 3.73. The van der Waals surface area contributed by atoms with Crippen molar-refractivity contribution in [2.75, 3.05) is 24.5 Å². The Labute approximate surface area is 103 Å². The first-order valence-electron chi connectivity index (χ1n) is 6.96. The Balaban J connectivity index is 1.69. The van der Waals surface area contributed by atoms with Crippen molar-refractivity contribution in [3.8, 4) is 0 Å². The molecule has 0 bridgehead atoms. The minimum absolute atomic E-state index is 0.557. The molecule has 90 valence electrons. The third-order valence-electron chi connectivity index (χ3n) is 4.86. The molecule has 1 aromatic rings. The van der Waals surface area contributed by atoms with Crippen LogP contribution in [0.2, 0.25) is 0 Å². The molecule has 1 aliphatic carbocycles. The number of hydrogen-bond donors (Lipinski definition) is 1. The summed E-state index contributed by atoms with van der Waals surface area (Å²) in [6.45, 7) is 3.67. The Morgan fingerprint density at radius 1 is 1.12 bits per heavy atom. The zero-order valence-corrected chi connectivity index (χ0v) is 10.3. The second-order valence-corrected chi connectivity index (χ2v) is 5.91. The van der Waals surface area contributed by atoms with Crippen molar-refractivity contribution in [1.29, 1.82) is 0 Å². The summed E-state index contributed by atoms with van der Waals surface area (Å²) in [5, 5.41) is 3.47.